The first-order chi connectivity index (χ1) is 16.0. The normalized spacial score (nSPS) is 17.1. The van der Waals surface area contributed by atoms with Crippen molar-refractivity contribution in [1.29, 1.82) is 0 Å². The SMILES string of the molecule is CC(C)(C)[Si](C)(C)OCC(=CCCC(=O)N1C(=O)OC[C@@H]1c1ccccc1)c1ccc(F)cc1. The van der Waals surface area contributed by atoms with E-state index in [1.165, 1.54) is 17.0 Å². The smallest absolute Gasteiger partial charge is 0.417 e. The van der Waals surface area contributed by atoms with Crippen LogP contribution in [0.25, 0.3) is 5.57 Å². The van der Waals surface area contributed by atoms with Gasteiger partial charge < -0.3 is 9.16 Å². The molecule has 0 spiro atoms. The van der Waals surface area contributed by atoms with Gasteiger partial charge in [0.05, 0.1) is 6.61 Å². The van der Waals surface area contributed by atoms with Crippen LogP contribution >= 0.6 is 0 Å². The Hall–Kier alpha value is -2.77. The lowest BCUT2D eigenvalue weighted by Gasteiger charge is -2.36. The van der Waals surface area contributed by atoms with Crippen molar-refractivity contribution in [2.45, 2.75) is 57.8 Å². The fourth-order valence-corrected chi connectivity index (χ4v) is 4.46. The monoisotopic (exact) mass is 483 g/mol. The Morgan fingerprint density at radius 2 is 1.79 bits per heavy atom. The number of rotatable bonds is 8. The molecule has 0 N–H and O–H groups in total. The summed E-state index contributed by atoms with van der Waals surface area (Å²) in [4.78, 5) is 26.5. The summed E-state index contributed by atoms with van der Waals surface area (Å²) >= 11 is 0. The highest BCUT2D eigenvalue weighted by molar-refractivity contribution is 6.74. The molecule has 0 aliphatic carbocycles. The Morgan fingerprint density at radius 3 is 2.41 bits per heavy atom. The van der Waals surface area contributed by atoms with Gasteiger partial charge in [0.1, 0.15) is 18.5 Å². The summed E-state index contributed by atoms with van der Waals surface area (Å²) in [6.07, 6.45) is 1.93. The molecule has 0 aromatic heterocycles. The van der Waals surface area contributed by atoms with Crippen molar-refractivity contribution in [1.82, 2.24) is 4.90 Å². The Bertz CT molecular complexity index is 1030. The lowest BCUT2D eigenvalue weighted by molar-refractivity contribution is -0.129. The highest BCUT2D eigenvalue weighted by atomic mass is 28.4. The molecular formula is C27H34FNO4Si. The number of benzene rings is 2. The molecule has 1 atom stereocenters. The first kappa shape index (κ1) is 25.8. The molecule has 34 heavy (non-hydrogen) atoms. The molecule has 1 heterocycles. The van der Waals surface area contributed by atoms with E-state index in [2.05, 4.69) is 33.9 Å². The van der Waals surface area contributed by atoms with Crippen molar-refractivity contribution in [2.75, 3.05) is 13.2 Å². The Morgan fingerprint density at radius 1 is 1.15 bits per heavy atom. The molecule has 0 saturated carbocycles. The zero-order valence-corrected chi connectivity index (χ0v) is 21.6. The number of hydrogen-bond donors (Lipinski definition) is 0. The number of halogens is 1. The van der Waals surface area contributed by atoms with E-state index in [4.69, 9.17) is 9.16 Å². The van der Waals surface area contributed by atoms with E-state index >= 15 is 0 Å². The molecule has 2 aromatic rings. The summed E-state index contributed by atoms with van der Waals surface area (Å²) in [7, 11) is -2.00. The van der Waals surface area contributed by atoms with Crippen LogP contribution in [0.4, 0.5) is 9.18 Å². The van der Waals surface area contributed by atoms with Gasteiger partial charge in [0.2, 0.25) is 5.91 Å². The van der Waals surface area contributed by atoms with Crippen LogP contribution in [0.15, 0.2) is 60.7 Å². The highest BCUT2D eigenvalue weighted by Crippen LogP contribution is 2.37. The van der Waals surface area contributed by atoms with E-state index in [0.717, 1.165) is 16.7 Å². The molecule has 5 nitrogen and oxygen atoms in total. The largest absolute Gasteiger partial charge is 0.446 e. The second kappa shape index (κ2) is 10.7. The average Bonchev–Trinajstić information content (AvgIpc) is 3.18. The van der Waals surface area contributed by atoms with Gasteiger partial charge >= 0.3 is 6.09 Å². The van der Waals surface area contributed by atoms with Gasteiger partial charge in [-0.05, 0) is 53.4 Å². The van der Waals surface area contributed by atoms with Crippen LogP contribution in [0, 0.1) is 5.82 Å². The van der Waals surface area contributed by atoms with E-state index in [1.54, 1.807) is 12.1 Å². The van der Waals surface area contributed by atoms with Crippen LogP contribution in [0.5, 0.6) is 0 Å². The summed E-state index contributed by atoms with van der Waals surface area (Å²) in [5.41, 5.74) is 2.63. The molecule has 2 amide bonds. The van der Waals surface area contributed by atoms with Crippen molar-refractivity contribution in [3.05, 3.63) is 77.6 Å². The minimum absolute atomic E-state index is 0.0550. The second-order valence-electron chi connectivity index (χ2n) is 10.1. The van der Waals surface area contributed by atoms with Gasteiger partial charge in [-0.2, -0.15) is 0 Å². The molecule has 7 heteroatoms. The number of ether oxygens (including phenoxy) is 1. The maximum Gasteiger partial charge on any atom is 0.417 e. The number of amides is 2. The van der Waals surface area contributed by atoms with E-state index in [9.17, 15) is 14.0 Å². The molecule has 1 aliphatic rings. The van der Waals surface area contributed by atoms with Gasteiger partial charge in [-0.3, -0.25) is 4.79 Å². The lowest BCUT2D eigenvalue weighted by Crippen LogP contribution is -2.41. The van der Waals surface area contributed by atoms with E-state index in [0.29, 0.717) is 13.0 Å². The fourth-order valence-electron chi connectivity index (χ4n) is 3.51. The Labute approximate surface area is 202 Å². The summed E-state index contributed by atoms with van der Waals surface area (Å²) in [5, 5.41) is 0.0550. The van der Waals surface area contributed by atoms with Gasteiger partial charge in [-0.15, -0.1) is 0 Å². The topological polar surface area (TPSA) is 55.8 Å². The van der Waals surface area contributed by atoms with Gasteiger partial charge in [-0.1, -0.05) is 69.3 Å². The maximum atomic E-state index is 13.5. The fraction of sp³-hybridized carbons (Fsp3) is 0.407. The standard InChI is InChI=1S/C27H34FNO4Si/c1-27(2,3)34(4,5)33-18-22(20-14-16-23(28)17-15-20)12-9-13-25(30)29-24(19-32-26(29)31)21-10-7-6-8-11-21/h6-8,10-12,14-17,24H,9,13,18-19H2,1-5H3/t24-/m1/s1. The van der Waals surface area contributed by atoms with Crippen LogP contribution in [-0.2, 0) is 14.0 Å². The quantitative estimate of drug-likeness (QED) is 0.391. The maximum absolute atomic E-state index is 13.5. The van der Waals surface area contributed by atoms with Gasteiger partial charge in [0.25, 0.3) is 0 Å². The summed E-state index contributed by atoms with van der Waals surface area (Å²) in [6.45, 7) is 11.4. The molecule has 182 valence electrons. The number of hydrogen-bond acceptors (Lipinski definition) is 4. The predicted molar refractivity (Wildman–Crippen MR) is 134 cm³/mol. The van der Waals surface area contributed by atoms with E-state index < -0.39 is 20.5 Å². The van der Waals surface area contributed by atoms with Crippen molar-refractivity contribution in [3.8, 4) is 0 Å². The predicted octanol–water partition coefficient (Wildman–Crippen LogP) is 6.73. The second-order valence-corrected chi connectivity index (χ2v) is 14.9. The molecule has 0 unspecified atom stereocenters. The number of carbonyl (C=O) groups excluding carboxylic acids is 2. The molecular weight excluding hydrogens is 449 g/mol. The summed E-state index contributed by atoms with van der Waals surface area (Å²) in [5.74, 6) is -0.584. The molecule has 2 aromatic carbocycles. The third kappa shape index (κ3) is 6.21. The highest BCUT2D eigenvalue weighted by Gasteiger charge is 2.39. The van der Waals surface area contributed by atoms with Crippen LogP contribution in [0.1, 0.15) is 50.8 Å². The molecule has 3 rings (SSSR count). The zero-order valence-electron chi connectivity index (χ0n) is 20.6. The Balaban J connectivity index is 1.73. The van der Waals surface area contributed by atoms with Crippen LogP contribution in [0.2, 0.25) is 18.1 Å². The van der Waals surface area contributed by atoms with Crippen molar-refractivity contribution < 1.29 is 23.1 Å². The van der Waals surface area contributed by atoms with Crippen LogP contribution in [-0.4, -0.2) is 38.4 Å². The lowest BCUT2D eigenvalue weighted by atomic mass is 10.0. The van der Waals surface area contributed by atoms with Crippen molar-refractivity contribution in [2.24, 2.45) is 0 Å². The van der Waals surface area contributed by atoms with Crippen molar-refractivity contribution >= 4 is 25.9 Å². The third-order valence-corrected chi connectivity index (χ3v) is 11.2. The van der Waals surface area contributed by atoms with Crippen LogP contribution < -0.4 is 0 Å². The average molecular weight is 484 g/mol. The number of carbonyl (C=O) groups is 2. The first-order valence-corrected chi connectivity index (χ1v) is 14.5. The summed E-state index contributed by atoms with van der Waals surface area (Å²) in [6, 6.07) is 15.3. The minimum atomic E-state index is -2.00. The molecule has 1 saturated heterocycles. The van der Waals surface area contributed by atoms with Crippen LogP contribution in [0.3, 0.4) is 0 Å². The minimum Gasteiger partial charge on any atom is -0.446 e. The van der Waals surface area contributed by atoms with E-state index in [1.807, 2.05) is 36.4 Å². The molecule has 1 aliphatic heterocycles. The number of cyclic esters (lactones) is 1. The number of nitrogens with zero attached hydrogens (tertiary/aromatic N) is 1. The summed E-state index contributed by atoms with van der Waals surface area (Å²) < 4.78 is 25.1. The van der Waals surface area contributed by atoms with Gasteiger partial charge in [-0.25, -0.2) is 14.1 Å². The molecule has 0 bridgehead atoms. The van der Waals surface area contributed by atoms with Gasteiger partial charge in [0, 0.05) is 6.42 Å². The number of allylic oxidation sites excluding steroid dienone is 1. The Kier molecular flexibility index (Phi) is 8.10. The first-order valence-electron chi connectivity index (χ1n) is 11.6. The third-order valence-electron chi connectivity index (χ3n) is 6.68. The molecule has 0 radical (unpaired) electrons. The zero-order chi connectivity index (χ0) is 24.9. The number of imide groups is 1. The molecule has 1 fully saturated rings. The van der Waals surface area contributed by atoms with Crippen molar-refractivity contribution in [3.63, 3.8) is 0 Å². The van der Waals surface area contributed by atoms with E-state index in [-0.39, 0.29) is 29.8 Å². The van der Waals surface area contributed by atoms with Gasteiger partial charge in [0.15, 0.2) is 8.32 Å².